The average molecular weight is 322 g/mol. The van der Waals surface area contributed by atoms with Gasteiger partial charge in [-0.15, -0.1) is 0 Å². The molecule has 4 heteroatoms. The molecule has 23 heavy (non-hydrogen) atoms. The highest BCUT2D eigenvalue weighted by Crippen LogP contribution is 2.60. The number of carbonyl (C=O) groups excluding carboxylic acids is 1. The van der Waals surface area contributed by atoms with Gasteiger partial charge >= 0.3 is 6.09 Å². The van der Waals surface area contributed by atoms with Crippen molar-refractivity contribution in [3.05, 3.63) is 0 Å². The fourth-order valence-corrected chi connectivity index (χ4v) is 4.10. The fourth-order valence-electron chi connectivity index (χ4n) is 4.10. The summed E-state index contributed by atoms with van der Waals surface area (Å²) in [5.41, 5.74) is 0.242. The maximum Gasteiger partial charge on any atom is 0.410 e. The highest BCUT2D eigenvalue weighted by Gasteiger charge is 2.53. The second-order valence-electron chi connectivity index (χ2n) is 9.12. The summed E-state index contributed by atoms with van der Waals surface area (Å²) in [4.78, 5) is 14.3. The van der Waals surface area contributed by atoms with Gasteiger partial charge in [0.2, 0.25) is 0 Å². The average Bonchev–Trinajstić information content (AvgIpc) is 3.33. The van der Waals surface area contributed by atoms with Gasteiger partial charge in [0.1, 0.15) is 5.60 Å². The van der Waals surface area contributed by atoms with Crippen molar-refractivity contribution in [2.45, 2.75) is 90.3 Å². The van der Waals surface area contributed by atoms with Gasteiger partial charge in [-0.1, -0.05) is 0 Å². The number of nitrogens with one attached hydrogen (secondary N) is 1. The molecule has 0 spiro atoms. The first-order valence-electron chi connectivity index (χ1n) is 9.52. The number of ether oxygens (including phenoxy) is 1. The first-order valence-corrected chi connectivity index (χ1v) is 9.52. The molecule has 4 nitrogen and oxygen atoms in total. The Morgan fingerprint density at radius 1 is 1.30 bits per heavy atom. The van der Waals surface area contributed by atoms with E-state index in [1.54, 1.807) is 0 Å². The predicted molar refractivity (Wildman–Crippen MR) is 92.4 cm³/mol. The first-order chi connectivity index (χ1) is 10.8. The molecular weight excluding hydrogens is 288 g/mol. The van der Waals surface area contributed by atoms with Gasteiger partial charge in [-0.05, 0) is 84.0 Å². The van der Waals surface area contributed by atoms with Crippen LogP contribution in [0.15, 0.2) is 0 Å². The number of nitrogens with zero attached hydrogens (tertiary/aromatic N) is 1. The summed E-state index contributed by atoms with van der Waals surface area (Å²) in [6.07, 6.45) is 8.86. The van der Waals surface area contributed by atoms with Crippen LogP contribution in [0.4, 0.5) is 4.79 Å². The molecule has 0 radical (unpaired) electrons. The van der Waals surface area contributed by atoms with Crippen molar-refractivity contribution < 1.29 is 9.53 Å². The molecule has 3 rings (SSSR count). The molecule has 1 N–H and O–H groups in total. The summed E-state index contributed by atoms with van der Waals surface area (Å²) in [6.45, 7) is 10.1. The van der Waals surface area contributed by atoms with Crippen LogP contribution in [0.25, 0.3) is 0 Å². The zero-order chi connectivity index (χ0) is 16.7. The Labute approximate surface area is 141 Å². The van der Waals surface area contributed by atoms with E-state index in [1.807, 2.05) is 25.7 Å². The van der Waals surface area contributed by atoms with Crippen LogP contribution >= 0.6 is 0 Å². The summed E-state index contributed by atoms with van der Waals surface area (Å²) in [6, 6.07) is 0.808. The van der Waals surface area contributed by atoms with Crippen molar-refractivity contribution in [2.75, 3.05) is 13.1 Å². The third-order valence-electron chi connectivity index (χ3n) is 5.77. The van der Waals surface area contributed by atoms with Crippen LogP contribution < -0.4 is 5.32 Å². The van der Waals surface area contributed by atoms with Crippen LogP contribution in [0, 0.1) is 11.3 Å². The molecule has 3 fully saturated rings. The van der Waals surface area contributed by atoms with E-state index in [0.717, 1.165) is 31.7 Å². The van der Waals surface area contributed by atoms with Crippen LogP contribution in [0.3, 0.4) is 0 Å². The van der Waals surface area contributed by atoms with Gasteiger partial charge in [-0.2, -0.15) is 0 Å². The molecule has 1 aliphatic heterocycles. The van der Waals surface area contributed by atoms with Gasteiger partial charge in [-0.25, -0.2) is 4.79 Å². The van der Waals surface area contributed by atoms with Crippen LogP contribution in [0.2, 0.25) is 0 Å². The minimum absolute atomic E-state index is 0.135. The second kappa shape index (κ2) is 6.27. The first kappa shape index (κ1) is 17.1. The van der Waals surface area contributed by atoms with Crippen molar-refractivity contribution >= 4 is 6.09 Å². The molecule has 1 saturated heterocycles. The van der Waals surface area contributed by atoms with Gasteiger partial charge < -0.3 is 15.0 Å². The molecule has 2 unspecified atom stereocenters. The summed E-state index contributed by atoms with van der Waals surface area (Å²) >= 11 is 0. The van der Waals surface area contributed by atoms with E-state index in [0.29, 0.717) is 17.5 Å². The summed E-state index contributed by atoms with van der Waals surface area (Å²) in [7, 11) is 0. The van der Waals surface area contributed by atoms with Crippen molar-refractivity contribution in [2.24, 2.45) is 11.3 Å². The summed E-state index contributed by atoms with van der Waals surface area (Å²) < 4.78 is 5.56. The van der Waals surface area contributed by atoms with E-state index < -0.39 is 5.60 Å². The third kappa shape index (κ3) is 4.40. The lowest BCUT2D eigenvalue weighted by molar-refractivity contribution is 0.0214. The summed E-state index contributed by atoms with van der Waals surface area (Å²) in [5, 5.41) is 3.76. The predicted octanol–water partition coefficient (Wildman–Crippen LogP) is 3.94. The maximum atomic E-state index is 12.4. The summed E-state index contributed by atoms with van der Waals surface area (Å²) in [5.74, 6) is 1.01. The number of likely N-dealkylation sites (tertiary alicyclic amines) is 1. The van der Waals surface area contributed by atoms with Crippen molar-refractivity contribution in [1.29, 1.82) is 0 Å². The second-order valence-corrected chi connectivity index (χ2v) is 9.12. The van der Waals surface area contributed by atoms with Crippen molar-refractivity contribution in [3.63, 3.8) is 0 Å². The lowest BCUT2D eigenvalue weighted by atomic mass is 9.99. The normalized spacial score (nSPS) is 27.8. The molecule has 3 aliphatic rings. The molecule has 1 amide bonds. The van der Waals surface area contributed by atoms with Crippen LogP contribution in [-0.4, -0.2) is 41.8 Å². The zero-order valence-electron chi connectivity index (χ0n) is 15.4. The highest BCUT2D eigenvalue weighted by atomic mass is 16.6. The Morgan fingerprint density at radius 2 is 2.00 bits per heavy atom. The fraction of sp³-hybridized carbons (Fsp3) is 0.947. The largest absolute Gasteiger partial charge is 0.444 e. The Hall–Kier alpha value is -0.770. The van der Waals surface area contributed by atoms with E-state index in [4.69, 9.17) is 4.74 Å². The molecule has 0 aromatic carbocycles. The number of rotatable bonds is 6. The molecule has 132 valence electrons. The van der Waals surface area contributed by atoms with Gasteiger partial charge in [0.25, 0.3) is 0 Å². The minimum atomic E-state index is -0.406. The van der Waals surface area contributed by atoms with Gasteiger partial charge in [0, 0.05) is 25.2 Å². The highest BCUT2D eigenvalue weighted by molar-refractivity contribution is 5.68. The Balaban J connectivity index is 1.45. The van der Waals surface area contributed by atoms with Gasteiger partial charge in [0.05, 0.1) is 0 Å². The number of amides is 1. The molecule has 2 atom stereocenters. The molecule has 0 aromatic rings. The number of hydrogen-bond donors (Lipinski definition) is 1. The van der Waals surface area contributed by atoms with Crippen LogP contribution in [-0.2, 0) is 4.74 Å². The van der Waals surface area contributed by atoms with Crippen LogP contribution in [0.5, 0.6) is 0 Å². The van der Waals surface area contributed by atoms with Crippen LogP contribution in [0.1, 0.15) is 72.6 Å². The molecule has 2 saturated carbocycles. The van der Waals surface area contributed by atoms with Crippen molar-refractivity contribution in [3.8, 4) is 0 Å². The smallest absolute Gasteiger partial charge is 0.410 e. The third-order valence-corrected chi connectivity index (χ3v) is 5.77. The SMILES string of the molecule is CC(CC1CCCN1C(=O)OC(C)(C)C)NCC1(C2CC2)CC1. The maximum absolute atomic E-state index is 12.4. The standard InChI is InChI=1S/C19H34N2O2/c1-14(20-13-19(9-10-19)15-7-8-15)12-16-6-5-11-21(16)17(22)23-18(2,3)4/h14-16,20H,5-13H2,1-4H3. The quantitative estimate of drug-likeness (QED) is 0.805. The van der Waals surface area contributed by atoms with E-state index in [1.165, 1.54) is 32.2 Å². The van der Waals surface area contributed by atoms with E-state index in [9.17, 15) is 4.79 Å². The van der Waals surface area contributed by atoms with E-state index in [-0.39, 0.29) is 6.09 Å². The zero-order valence-corrected chi connectivity index (χ0v) is 15.4. The molecule has 0 aromatic heterocycles. The topological polar surface area (TPSA) is 41.6 Å². The minimum Gasteiger partial charge on any atom is -0.444 e. The Kier molecular flexibility index (Phi) is 4.65. The monoisotopic (exact) mass is 322 g/mol. The van der Waals surface area contributed by atoms with E-state index >= 15 is 0 Å². The van der Waals surface area contributed by atoms with Crippen molar-refractivity contribution in [1.82, 2.24) is 10.2 Å². The lowest BCUT2D eigenvalue weighted by Gasteiger charge is -2.30. The van der Waals surface area contributed by atoms with Gasteiger partial charge in [-0.3, -0.25) is 0 Å². The molecular formula is C19H34N2O2. The number of carbonyl (C=O) groups is 1. The Morgan fingerprint density at radius 3 is 2.57 bits per heavy atom. The Bertz CT molecular complexity index is 435. The number of hydrogen-bond acceptors (Lipinski definition) is 3. The molecule has 0 bridgehead atoms. The van der Waals surface area contributed by atoms with E-state index in [2.05, 4.69) is 12.2 Å². The van der Waals surface area contributed by atoms with Gasteiger partial charge in [0.15, 0.2) is 0 Å². The molecule has 1 heterocycles. The lowest BCUT2D eigenvalue weighted by Crippen LogP contribution is -2.43. The molecule has 2 aliphatic carbocycles.